The van der Waals surface area contributed by atoms with Gasteiger partial charge in [-0.3, -0.25) is 0 Å². The molecule has 1 N–H and O–H groups in total. The van der Waals surface area contributed by atoms with E-state index in [4.69, 9.17) is 4.74 Å². The maximum absolute atomic E-state index is 5.82. The SMILES string of the molecule is CCC(C)Oc1cccc(NCc2ccn(C)c2)c1. The molecule has 3 nitrogen and oxygen atoms in total. The van der Waals surface area contributed by atoms with Crippen molar-refractivity contribution in [1.29, 1.82) is 0 Å². The van der Waals surface area contributed by atoms with E-state index in [0.717, 1.165) is 24.4 Å². The highest BCUT2D eigenvalue weighted by molar-refractivity contribution is 5.48. The molecule has 0 aliphatic carbocycles. The highest BCUT2D eigenvalue weighted by Gasteiger charge is 2.02. The number of ether oxygens (including phenoxy) is 1. The first-order valence-corrected chi connectivity index (χ1v) is 6.79. The van der Waals surface area contributed by atoms with Crippen LogP contribution in [0.1, 0.15) is 25.8 Å². The Morgan fingerprint density at radius 2 is 2.16 bits per heavy atom. The van der Waals surface area contributed by atoms with Gasteiger partial charge in [0.05, 0.1) is 6.10 Å². The lowest BCUT2D eigenvalue weighted by Crippen LogP contribution is -2.09. The van der Waals surface area contributed by atoms with Crippen LogP contribution in [0, 0.1) is 0 Å². The van der Waals surface area contributed by atoms with Gasteiger partial charge in [0.25, 0.3) is 0 Å². The molecule has 2 rings (SSSR count). The summed E-state index contributed by atoms with van der Waals surface area (Å²) in [5.41, 5.74) is 2.36. The molecule has 1 aromatic carbocycles. The van der Waals surface area contributed by atoms with Gasteiger partial charge in [0, 0.05) is 37.7 Å². The van der Waals surface area contributed by atoms with Gasteiger partial charge in [-0.2, -0.15) is 0 Å². The van der Waals surface area contributed by atoms with Crippen LogP contribution in [0.25, 0.3) is 0 Å². The molecule has 0 spiro atoms. The molecule has 0 saturated heterocycles. The smallest absolute Gasteiger partial charge is 0.121 e. The van der Waals surface area contributed by atoms with Crippen LogP contribution in [0.4, 0.5) is 5.69 Å². The van der Waals surface area contributed by atoms with Gasteiger partial charge < -0.3 is 14.6 Å². The summed E-state index contributed by atoms with van der Waals surface area (Å²) < 4.78 is 7.87. The van der Waals surface area contributed by atoms with E-state index in [0.29, 0.717) is 0 Å². The maximum Gasteiger partial charge on any atom is 0.121 e. The summed E-state index contributed by atoms with van der Waals surface area (Å²) in [6, 6.07) is 10.2. The summed E-state index contributed by atoms with van der Waals surface area (Å²) in [5, 5.41) is 3.41. The molecular weight excluding hydrogens is 236 g/mol. The first-order valence-electron chi connectivity index (χ1n) is 6.79. The Balaban J connectivity index is 1.95. The lowest BCUT2D eigenvalue weighted by atomic mass is 10.2. The minimum atomic E-state index is 0.254. The van der Waals surface area contributed by atoms with Gasteiger partial charge in [-0.1, -0.05) is 13.0 Å². The topological polar surface area (TPSA) is 26.2 Å². The van der Waals surface area contributed by atoms with Crippen molar-refractivity contribution in [2.24, 2.45) is 7.05 Å². The van der Waals surface area contributed by atoms with Crippen LogP contribution in [0.3, 0.4) is 0 Å². The third-order valence-corrected chi connectivity index (χ3v) is 3.14. The Kier molecular flexibility index (Phi) is 4.50. The Morgan fingerprint density at radius 1 is 1.32 bits per heavy atom. The van der Waals surface area contributed by atoms with E-state index in [1.165, 1.54) is 5.56 Å². The normalized spacial score (nSPS) is 12.2. The lowest BCUT2D eigenvalue weighted by Gasteiger charge is -2.13. The van der Waals surface area contributed by atoms with Crippen molar-refractivity contribution in [2.45, 2.75) is 32.9 Å². The quantitative estimate of drug-likeness (QED) is 0.852. The zero-order chi connectivity index (χ0) is 13.7. The van der Waals surface area contributed by atoms with Crippen LogP contribution in [0.2, 0.25) is 0 Å². The molecule has 1 heterocycles. The zero-order valence-electron chi connectivity index (χ0n) is 11.9. The molecule has 3 heteroatoms. The van der Waals surface area contributed by atoms with Crippen molar-refractivity contribution in [3.63, 3.8) is 0 Å². The third kappa shape index (κ3) is 4.05. The number of aromatic nitrogens is 1. The van der Waals surface area contributed by atoms with Crippen LogP contribution < -0.4 is 10.1 Å². The summed E-state index contributed by atoms with van der Waals surface area (Å²) in [7, 11) is 2.03. The Hall–Kier alpha value is -1.90. The van der Waals surface area contributed by atoms with Crippen LogP contribution in [0.15, 0.2) is 42.7 Å². The number of hydrogen-bond donors (Lipinski definition) is 1. The highest BCUT2D eigenvalue weighted by Crippen LogP contribution is 2.19. The summed E-state index contributed by atoms with van der Waals surface area (Å²) in [4.78, 5) is 0. The minimum absolute atomic E-state index is 0.254. The molecule has 1 atom stereocenters. The highest BCUT2D eigenvalue weighted by atomic mass is 16.5. The number of aryl methyl sites for hydroxylation is 1. The van der Waals surface area contributed by atoms with Gasteiger partial charge in [-0.15, -0.1) is 0 Å². The predicted molar refractivity (Wildman–Crippen MR) is 79.6 cm³/mol. The number of nitrogens with one attached hydrogen (secondary N) is 1. The van der Waals surface area contributed by atoms with Gasteiger partial charge in [-0.25, -0.2) is 0 Å². The fourth-order valence-electron chi connectivity index (χ4n) is 1.86. The van der Waals surface area contributed by atoms with E-state index in [-0.39, 0.29) is 6.10 Å². The van der Waals surface area contributed by atoms with Crippen LogP contribution in [0.5, 0.6) is 5.75 Å². The molecule has 1 unspecified atom stereocenters. The van der Waals surface area contributed by atoms with Gasteiger partial charge in [-0.05, 0) is 37.1 Å². The second-order valence-corrected chi connectivity index (χ2v) is 4.90. The van der Waals surface area contributed by atoms with E-state index in [9.17, 15) is 0 Å². The summed E-state index contributed by atoms with van der Waals surface area (Å²) in [6.45, 7) is 5.04. The van der Waals surface area contributed by atoms with Crippen molar-refractivity contribution in [2.75, 3.05) is 5.32 Å². The predicted octanol–water partition coefficient (Wildman–Crippen LogP) is 3.81. The maximum atomic E-state index is 5.82. The van der Waals surface area contributed by atoms with E-state index in [1.54, 1.807) is 0 Å². The first-order chi connectivity index (χ1) is 9.17. The molecule has 1 aromatic heterocycles. The number of nitrogens with zero attached hydrogens (tertiary/aromatic N) is 1. The fraction of sp³-hybridized carbons (Fsp3) is 0.375. The summed E-state index contributed by atoms with van der Waals surface area (Å²) in [6.07, 6.45) is 5.44. The van der Waals surface area contributed by atoms with E-state index in [2.05, 4.69) is 54.3 Å². The average Bonchev–Trinajstić information content (AvgIpc) is 2.82. The average molecular weight is 258 g/mol. The standard InChI is InChI=1S/C16H22N2O/c1-4-13(2)19-16-7-5-6-15(10-16)17-11-14-8-9-18(3)12-14/h5-10,12-13,17H,4,11H2,1-3H3. The van der Waals surface area contributed by atoms with Crippen molar-refractivity contribution >= 4 is 5.69 Å². The van der Waals surface area contributed by atoms with Crippen LogP contribution in [-0.2, 0) is 13.6 Å². The largest absolute Gasteiger partial charge is 0.491 e. The molecule has 102 valence electrons. The minimum Gasteiger partial charge on any atom is -0.491 e. The monoisotopic (exact) mass is 258 g/mol. The Labute approximate surface area is 115 Å². The van der Waals surface area contributed by atoms with Crippen LogP contribution >= 0.6 is 0 Å². The first kappa shape index (κ1) is 13.5. The molecule has 0 amide bonds. The number of rotatable bonds is 6. The molecule has 0 fully saturated rings. The molecule has 0 saturated carbocycles. The fourth-order valence-corrected chi connectivity index (χ4v) is 1.86. The summed E-state index contributed by atoms with van der Waals surface area (Å²) >= 11 is 0. The van der Waals surface area contributed by atoms with Gasteiger partial charge in [0.15, 0.2) is 0 Å². The summed E-state index contributed by atoms with van der Waals surface area (Å²) in [5.74, 6) is 0.924. The molecule has 0 bridgehead atoms. The molecule has 0 aliphatic heterocycles. The Bertz CT molecular complexity index is 519. The molecule has 0 radical (unpaired) electrons. The number of hydrogen-bond acceptors (Lipinski definition) is 2. The molecule has 19 heavy (non-hydrogen) atoms. The van der Waals surface area contributed by atoms with Gasteiger partial charge in [0.2, 0.25) is 0 Å². The van der Waals surface area contributed by atoms with Gasteiger partial charge >= 0.3 is 0 Å². The van der Waals surface area contributed by atoms with E-state index < -0.39 is 0 Å². The van der Waals surface area contributed by atoms with Crippen LogP contribution in [-0.4, -0.2) is 10.7 Å². The zero-order valence-corrected chi connectivity index (χ0v) is 11.9. The van der Waals surface area contributed by atoms with Crippen molar-refractivity contribution in [3.05, 3.63) is 48.3 Å². The van der Waals surface area contributed by atoms with E-state index >= 15 is 0 Å². The molecular formula is C16H22N2O. The molecule has 0 aliphatic rings. The second-order valence-electron chi connectivity index (χ2n) is 4.90. The lowest BCUT2D eigenvalue weighted by molar-refractivity contribution is 0.217. The van der Waals surface area contributed by atoms with Crippen molar-refractivity contribution in [3.8, 4) is 5.75 Å². The second kappa shape index (κ2) is 6.32. The third-order valence-electron chi connectivity index (χ3n) is 3.14. The van der Waals surface area contributed by atoms with E-state index in [1.807, 2.05) is 19.2 Å². The molecule has 2 aromatic rings. The number of anilines is 1. The Morgan fingerprint density at radius 3 is 2.84 bits per heavy atom. The van der Waals surface area contributed by atoms with Crippen molar-refractivity contribution < 1.29 is 4.74 Å². The number of benzene rings is 1. The van der Waals surface area contributed by atoms with Crippen molar-refractivity contribution in [1.82, 2.24) is 4.57 Å². The van der Waals surface area contributed by atoms with Gasteiger partial charge in [0.1, 0.15) is 5.75 Å².